The topological polar surface area (TPSA) is 52.6 Å². The Hall–Kier alpha value is -2.66. The average molecular weight is 399 g/mol. The maximum absolute atomic E-state index is 12.3. The van der Waals surface area contributed by atoms with Crippen molar-refractivity contribution in [1.29, 1.82) is 0 Å². The molecule has 3 aromatic rings. The average Bonchev–Trinajstić information content (AvgIpc) is 2.65. The van der Waals surface area contributed by atoms with Crippen molar-refractivity contribution in [3.8, 4) is 5.75 Å². The maximum atomic E-state index is 12.3. The molecule has 0 bridgehead atoms. The Morgan fingerprint density at radius 3 is 2.48 bits per heavy atom. The molecule has 0 heterocycles. The zero-order chi connectivity index (χ0) is 17.8. The lowest BCUT2D eigenvalue weighted by Crippen LogP contribution is -2.14. The van der Waals surface area contributed by atoms with E-state index in [9.17, 15) is 9.59 Å². The number of hydrogen-bond donors (Lipinski definition) is 0. The molecule has 0 aliphatic heterocycles. The second kappa shape index (κ2) is 7.49. The van der Waals surface area contributed by atoms with Crippen LogP contribution in [-0.4, -0.2) is 25.5 Å². The van der Waals surface area contributed by atoms with Gasteiger partial charge in [0, 0.05) is 10.0 Å². The Kier molecular flexibility index (Phi) is 5.14. The molecule has 0 spiro atoms. The van der Waals surface area contributed by atoms with Gasteiger partial charge in [0.05, 0.1) is 12.7 Å². The molecule has 3 rings (SSSR count). The molecule has 0 N–H and O–H groups in total. The van der Waals surface area contributed by atoms with Crippen molar-refractivity contribution in [3.63, 3.8) is 0 Å². The number of ketones is 1. The quantitative estimate of drug-likeness (QED) is 0.463. The first-order chi connectivity index (χ1) is 12.1. The van der Waals surface area contributed by atoms with Crippen molar-refractivity contribution in [1.82, 2.24) is 0 Å². The molecule has 126 valence electrons. The fraction of sp³-hybridized carbons (Fsp3) is 0.100. The fourth-order valence-electron chi connectivity index (χ4n) is 2.44. The van der Waals surface area contributed by atoms with Crippen LogP contribution in [0.5, 0.6) is 5.75 Å². The van der Waals surface area contributed by atoms with Gasteiger partial charge in [0.15, 0.2) is 12.4 Å². The Bertz CT molecular complexity index is 949. The van der Waals surface area contributed by atoms with Crippen molar-refractivity contribution in [3.05, 3.63) is 76.3 Å². The fourth-order valence-corrected chi connectivity index (χ4v) is 2.85. The summed E-state index contributed by atoms with van der Waals surface area (Å²) < 4.78 is 10.8. The summed E-state index contributed by atoms with van der Waals surface area (Å²) in [6.45, 7) is -0.319. The lowest BCUT2D eigenvalue weighted by Gasteiger charge is -2.08. The molecule has 0 saturated carbocycles. The summed E-state index contributed by atoms with van der Waals surface area (Å²) in [5.74, 6) is -0.297. The first-order valence-electron chi connectivity index (χ1n) is 7.61. The van der Waals surface area contributed by atoms with E-state index < -0.39 is 5.97 Å². The Morgan fingerprint density at radius 1 is 0.960 bits per heavy atom. The molecule has 5 heteroatoms. The third kappa shape index (κ3) is 3.88. The number of fused-ring (bicyclic) bond motifs is 1. The van der Waals surface area contributed by atoms with Gasteiger partial charge in [-0.3, -0.25) is 4.79 Å². The van der Waals surface area contributed by atoms with Crippen LogP contribution in [0.1, 0.15) is 20.7 Å². The minimum absolute atomic E-state index is 0.252. The van der Waals surface area contributed by atoms with Gasteiger partial charge in [0.2, 0.25) is 0 Å². The second-order valence-electron chi connectivity index (χ2n) is 5.41. The van der Waals surface area contributed by atoms with Gasteiger partial charge in [-0.15, -0.1) is 0 Å². The summed E-state index contributed by atoms with van der Waals surface area (Å²) in [6, 6.07) is 18.2. The van der Waals surface area contributed by atoms with Crippen LogP contribution in [0.2, 0.25) is 0 Å². The van der Waals surface area contributed by atoms with Gasteiger partial charge in [0.25, 0.3) is 0 Å². The van der Waals surface area contributed by atoms with Gasteiger partial charge in [-0.25, -0.2) is 4.79 Å². The monoisotopic (exact) mass is 398 g/mol. The lowest BCUT2D eigenvalue weighted by atomic mass is 10.0. The zero-order valence-corrected chi connectivity index (χ0v) is 15.1. The Morgan fingerprint density at radius 2 is 1.72 bits per heavy atom. The van der Waals surface area contributed by atoms with Gasteiger partial charge in [-0.05, 0) is 51.0 Å². The standard InChI is InChI=1S/C20H15BrO4/c1-24-16-8-9-18(21)17(11-16)20(23)25-12-19(22)15-7-6-13-4-2-3-5-14(13)10-15/h2-11H,12H2,1H3. The first-order valence-corrected chi connectivity index (χ1v) is 8.40. The van der Waals surface area contributed by atoms with Gasteiger partial charge in [-0.2, -0.15) is 0 Å². The predicted octanol–water partition coefficient (Wildman–Crippen LogP) is 4.65. The normalized spacial score (nSPS) is 10.5. The van der Waals surface area contributed by atoms with Crippen molar-refractivity contribution < 1.29 is 19.1 Å². The number of halogens is 1. The lowest BCUT2D eigenvalue weighted by molar-refractivity contribution is 0.0473. The summed E-state index contributed by atoms with van der Waals surface area (Å²) in [5, 5.41) is 2.02. The van der Waals surface area contributed by atoms with Gasteiger partial charge in [0.1, 0.15) is 5.75 Å². The number of hydrogen-bond acceptors (Lipinski definition) is 4. The molecule has 0 aliphatic carbocycles. The number of rotatable bonds is 5. The number of benzene rings is 3. The number of esters is 1. The molecule has 0 radical (unpaired) electrons. The van der Waals surface area contributed by atoms with Crippen LogP contribution in [0.4, 0.5) is 0 Å². The van der Waals surface area contributed by atoms with Crippen molar-refractivity contribution in [2.24, 2.45) is 0 Å². The Balaban J connectivity index is 1.71. The molecule has 3 aromatic carbocycles. The van der Waals surface area contributed by atoms with E-state index in [2.05, 4.69) is 15.9 Å². The zero-order valence-electron chi connectivity index (χ0n) is 13.5. The van der Waals surface area contributed by atoms with Crippen molar-refractivity contribution >= 4 is 38.5 Å². The van der Waals surface area contributed by atoms with Crippen LogP contribution in [0, 0.1) is 0 Å². The SMILES string of the molecule is COc1ccc(Br)c(C(=O)OCC(=O)c2ccc3ccccc3c2)c1. The van der Waals surface area contributed by atoms with Crippen LogP contribution in [-0.2, 0) is 4.74 Å². The highest BCUT2D eigenvalue weighted by atomic mass is 79.9. The smallest absolute Gasteiger partial charge is 0.339 e. The van der Waals surface area contributed by atoms with Gasteiger partial charge < -0.3 is 9.47 Å². The van der Waals surface area contributed by atoms with Gasteiger partial charge >= 0.3 is 5.97 Å². The molecule has 0 saturated heterocycles. The molecule has 0 amide bonds. The van der Waals surface area contributed by atoms with Crippen LogP contribution in [0.3, 0.4) is 0 Å². The van der Waals surface area contributed by atoms with E-state index in [0.29, 0.717) is 21.3 Å². The van der Waals surface area contributed by atoms with Crippen LogP contribution >= 0.6 is 15.9 Å². The minimum atomic E-state index is -0.583. The number of carbonyl (C=O) groups excluding carboxylic acids is 2. The molecule has 0 aliphatic rings. The summed E-state index contributed by atoms with van der Waals surface area (Å²) in [5.41, 5.74) is 0.821. The van der Waals surface area contributed by atoms with E-state index in [4.69, 9.17) is 9.47 Å². The summed E-state index contributed by atoms with van der Waals surface area (Å²) >= 11 is 3.30. The molecule has 0 atom stereocenters. The summed E-state index contributed by atoms with van der Waals surface area (Å²) in [4.78, 5) is 24.5. The number of Topliss-reactive ketones (excluding diaryl/α,β-unsaturated/α-hetero) is 1. The first kappa shape index (κ1) is 17.2. The van der Waals surface area contributed by atoms with E-state index in [0.717, 1.165) is 10.8 Å². The highest BCUT2D eigenvalue weighted by Crippen LogP contribution is 2.23. The van der Waals surface area contributed by atoms with E-state index in [1.54, 1.807) is 30.3 Å². The van der Waals surface area contributed by atoms with E-state index >= 15 is 0 Å². The number of methoxy groups -OCH3 is 1. The van der Waals surface area contributed by atoms with E-state index in [1.807, 2.05) is 30.3 Å². The minimum Gasteiger partial charge on any atom is -0.497 e. The second-order valence-corrected chi connectivity index (χ2v) is 6.26. The van der Waals surface area contributed by atoms with Crippen LogP contribution < -0.4 is 4.74 Å². The van der Waals surface area contributed by atoms with E-state index in [1.165, 1.54) is 7.11 Å². The third-order valence-electron chi connectivity index (χ3n) is 3.80. The van der Waals surface area contributed by atoms with Crippen molar-refractivity contribution in [2.45, 2.75) is 0 Å². The summed E-state index contributed by atoms with van der Waals surface area (Å²) in [6.07, 6.45) is 0. The highest BCUT2D eigenvalue weighted by molar-refractivity contribution is 9.10. The predicted molar refractivity (Wildman–Crippen MR) is 99.3 cm³/mol. The molecule has 25 heavy (non-hydrogen) atoms. The molecule has 4 nitrogen and oxygen atoms in total. The van der Waals surface area contributed by atoms with E-state index in [-0.39, 0.29) is 12.4 Å². The number of ether oxygens (including phenoxy) is 2. The maximum Gasteiger partial charge on any atom is 0.339 e. The Labute approximate surface area is 153 Å². The van der Waals surface area contributed by atoms with Crippen LogP contribution in [0.25, 0.3) is 10.8 Å². The van der Waals surface area contributed by atoms with Crippen LogP contribution in [0.15, 0.2) is 65.1 Å². The molecule has 0 unspecified atom stereocenters. The molecule has 0 fully saturated rings. The number of carbonyl (C=O) groups is 2. The molecular weight excluding hydrogens is 384 g/mol. The summed E-state index contributed by atoms with van der Waals surface area (Å²) in [7, 11) is 1.52. The van der Waals surface area contributed by atoms with Crippen molar-refractivity contribution in [2.75, 3.05) is 13.7 Å². The third-order valence-corrected chi connectivity index (χ3v) is 4.49. The largest absolute Gasteiger partial charge is 0.497 e. The molecular formula is C20H15BrO4. The molecule has 0 aromatic heterocycles. The van der Waals surface area contributed by atoms with Gasteiger partial charge in [-0.1, -0.05) is 36.4 Å². The highest BCUT2D eigenvalue weighted by Gasteiger charge is 2.15.